The van der Waals surface area contributed by atoms with Crippen molar-refractivity contribution in [3.63, 3.8) is 0 Å². The van der Waals surface area contributed by atoms with Crippen LogP contribution in [0.3, 0.4) is 0 Å². The van der Waals surface area contributed by atoms with Gasteiger partial charge in [0.2, 0.25) is 0 Å². The highest BCUT2D eigenvalue weighted by atomic mass is 19.3. The van der Waals surface area contributed by atoms with E-state index in [4.69, 9.17) is 9.26 Å². The Morgan fingerprint density at radius 3 is 2.74 bits per heavy atom. The molecule has 0 aliphatic carbocycles. The topological polar surface area (TPSA) is 70.2 Å². The highest BCUT2D eigenvalue weighted by Crippen LogP contribution is 2.24. The summed E-state index contributed by atoms with van der Waals surface area (Å²) in [6.07, 6.45) is 0. The number of alkyl halides is 2. The van der Waals surface area contributed by atoms with E-state index in [0.717, 1.165) is 4.57 Å². The van der Waals surface area contributed by atoms with Gasteiger partial charge in [0, 0.05) is 0 Å². The lowest BCUT2D eigenvalue weighted by Crippen LogP contribution is -2.11. The molecule has 0 bridgehead atoms. The standard InChI is InChI=1S/C15H13F2N3O3/c1-8-13(9(2)23-19-8)14(21)22-7-12-18-10-5-3-4-6-11(10)20(12)15(16)17/h3-6,15H,7H2,1-2H3. The molecule has 0 aliphatic heterocycles. The van der Waals surface area contributed by atoms with Gasteiger partial charge < -0.3 is 9.26 Å². The number of hydrogen-bond acceptors (Lipinski definition) is 5. The molecule has 0 amide bonds. The maximum absolute atomic E-state index is 13.3. The van der Waals surface area contributed by atoms with E-state index in [1.54, 1.807) is 32.0 Å². The number of aryl methyl sites for hydroxylation is 2. The van der Waals surface area contributed by atoms with Crippen LogP contribution in [0.25, 0.3) is 11.0 Å². The second-order valence-electron chi connectivity index (χ2n) is 4.94. The van der Waals surface area contributed by atoms with Crippen LogP contribution in [-0.4, -0.2) is 20.7 Å². The highest BCUT2D eigenvalue weighted by Gasteiger charge is 2.22. The molecule has 120 valence electrons. The van der Waals surface area contributed by atoms with Gasteiger partial charge in [-0.2, -0.15) is 8.78 Å². The van der Waals surface area contributed by atoms with Crippen molar-refractivity contribution in [2.75, 3.05) is 0 Å². The average molecular weight is 321 g/mol. The van der Waals surface area contributed by atoms with Crippen LogP contribution in [0.15, 0.2) is 28.8 Å². The molecule has 0 saturated carbocycles. The van der Waals surface area contributed by atoms with Crippen LogP contribution in [0.5, 0.6) is 0 Å². The van der Waals surface area contributed by atoms with Gasteiger partial charge in [0.1, 0.15) is 17.9 Å². The molecule has 2 aromatic heterocycles. The fourth-order valence-electron chi connectivity index (χ4n) is 2.39. The van der Waals surface area contributed by atoms with Gasteiger partial charge in [-0.3, -0.25) is 4.57 Å². The number of hydrogen-bond donors (Lipinski definition) is 0. The molecule has 0 atom stereocenters. The van der Waals surface area contributed by atoms with Crippen LogP contribution in [0.2, 0.25) is 0 Å². The zero-order valence-electron chi connectivity index (χ0n) is 12.4. The summed E-state index contributed by atoms with van der Waals surface area (Å²) in [6.45, 7) is 0.0177. The number of carbonyl (C=O) groups excluding carboxylic acids is 1. The van der Waals surface area contributed by atoms with Crippen molar-refractivity contribution in [2.24, 2.45) is 0 Å². The van der Waals surface area contributed by atoms with Crippen LogP contribution >= 0.6 is 0 Å². The van der Waals surface area contributed by atoms with Gasteiger partial charge in [-0.1, -0.05) is 17.3 Å². The monoisotopic (exact) mass is 321 g/mol. The van der Waals surface area contributed by atoms with Crippen LogP contribution < -0.4 is 0 Å². The number of halogens is 2. The molecule has 8 heteroatoms. The molecule has 1 aromatic carbocycles. The normalized spacial score (nSPS) is 11.3. The van der Waals surface area contributed by atoms with E-state index < -0.39 is 12.5 Å². The largest absolute Gasteiger partial charge is 0.454 e. The minimum absolute atomic E-state index is 0.0266. The Labute approximate surface area is 129 Å². The van der Waals surface area contributed by atoms with E-state index in [9.17, 15) is 13.6 Å². The molecule has 3 aromatic rings. The Balaban J connectivity index is 1.87. The summed E-state index contributed by atoms with van der Waals surface area (Å²) >= 11 is 0. The summed E-state index contributed by atoms with van der Waals surface area (Å²) in [6, 6.07) is 6.50. The molecular weight excluding hydrogens is 308 g/mol. The molecule has 0 fully saturated rings. The number of imidazole rings is 1. The minimum atomic E-state index is -2.78. The third kappa shape index (κ3) is 2.67. The van der Waals surface area contributed by atoms with Crippen LogP contribution in [0.1, 0.15) is 34.2 Å². The lowest BCUT2D eigenvalue weighted by molar-refractivity contribution is 0.0385. The zero-order valence-corrected chi connectivity index (χ0v) is 12.4. The number of aromatic nitrogens is 3. The summed E-state index contributed by atoms with van der Waals surface area (Å²) in [5.74, 6) is -0.398. The summed E-state index contributed by atoms with van der Waals surface area (Å²) in [5, 5.41) is 3.66. The van der Waals surface area contributed by atoms with Crippen LogP contribution in [-0.2, 0) is 11.3 Å². The Hall–Kier alpha value is -2.77. The number of nitrogens with zero attached hydrogens (tertiary/aromatic N) is 3. The van der Waals surface area contributed by atoms with Gasteiger partial charge >= 0.3 is 12.5 Å². The van der Waals surface area contributed by atoms with Gasteiger partial charge in [0.15, 0.2) is 5.82 Å². The Kier molecular flexibility index (Phi) is 3.81. The average Bonchev–Trinajstić information content (AvgIpc) is 3.05. The van der Waals surface area contributed by atoms with E-state index in [1.165, 1.54) is 6.07 Å². The maximum atomic E-state index is 13.3. The van der Waals surface area contributed by atoms with Crippen molar-refractivity contribution < 1.29 is 22.8 Å². The smallest absolute Gasteiger partial charge is 0.344 e. The van der Waals surface area contributed by atoms with E-state index >= 15 is 0 Å². The molecule has 0 unspecified atom stereocenters. The third-order valence-corrected chi connectivity index (χ3v) is 3.43. The number of benzene rings is 1. The first-order chi connectivity index (χ1) is 11.0. The number of carbonyl (C=O) groups is 1. The first-order valence-corrected chi connectivity index (χ1v) is 6.83. The summed E-state index contributed by atoms with van der Waals surface area (Å²) in [7, 11) is 0. The molecule has 0 N–H and O–H groups in total. The molecule has 0 aliphatic rings. The fraction of sp³-hybridized carbons (Fsp3) is 0.267. The van der Waals surface area contributed by atoms with E-state index in [1.807, 2.05) is 0 Å². The lowest BCUT2D eigenvalue weighted by atomic mass is 10.2. The minimum Gasteiger partial charge on any atom is -0.454 e. The molecule has 6 nitrogen and oxygen atoms in total. The maximum Gasteiger partial charge on any atom is 0.344 e. The van der Waals surface area contributed by atoms with Crippen molar-refractivity contribution in [3.8, 4) is 0 Å². The van der Waals surface area contributed by atoms with Crippen LogP contribution in [0.4, 0.5) is 8.78 Å². The Bertz CT molecular complexity index is 851. The molecule has 2 heterocycles. The molecular formula is C15H13F2N3O3. The quantitative estimate of drug-likeness (QED) is 0.689. The second kappa shape index (κ2) is 5.79. The van der Waals surface area contributed by atoms with Gasteiger partial charge in [-0.05, 0) is 26.0 Å². The van der Waals surface area contributed by atoms with Crippen molar-refractivity contribution in [2.45, 2.75) is 27.0 Å². The number of rotatable bonds is 4. The van der Waals surface area contributed by atoms with Gasteiger partial charge in [0.25, 0.3) is 0 Å². The van der Waals surface area contributed by atoms with Crippen molar-refractivity contribution in [3.05, 3.63) is 47.1 Å². The first-order valence-electron chi connectivity index (χ1n) is 6.83. The highest BCUT2D eigenvalue weighted by molar-refractivity contribution is 5.91. The first kappa shape index (κ1) is 15.1. The lowest BCUT2D eigenvalue weighted by Gasteiger charge is -2.08. The molecule has 0 radical (unpaired) electrons. The van der Waals surface area contributed by atoms with Crippen molar-refractivity contribution in [1.29, 1.82) is 0 Å². The molecule has 23 heavy (non-hydrogen) atoms. The number of esters is 1. The zero-order chi connectivity index (χ0) is 16.6. The van der Waals surface area contributed by atoms with E-state index in [0.29, 0.717) is 17.0 Å². The predicted molar refractivity (Wildman–Crippen MR) is 76.1 cm³/mol. The van der Waals surface area contributed by atoms with Crippen molar-refractivity contribution in [1.82, 2.24) is 14.7 Å². The number of para-hydroxylation sites is 2. The Morgan fingerprint density at radius 1 is 1.35 bits per heavy atom. The molecule has 0 saturated heterocycles. The van der Waals surface area contributed by atoms with Gasteiger partial charge in [-0.15, -0.1) is 0 Å². The van der Waals surface area contributed by atoms with Crippen molar-refractivity contribution >= 4 is 17.0 Å². The van der Waals surface area contributed by atoms with Gasteiger partial charge in [-0.25, -0.2) is 9.78 Å². The molecule has 3 rings (SSSR count). The summed E-state index contributed by atoms with van der Waals surface area (Å²) in [4.78, 5) is 16.2. The Morgan fingerprint density at radius 2 is 2.09 bits per heavy atom. The number of fused-ring (bicyclic) bond motifs is 1. The SMILES string of the molecule is Cc1noc(C)c1C(=O)OCc1nc2ccccc2n1C(F)F. The predicted octanol–water partition coefficient (Wildman–Crippen LogP) is 3.39. The third-order valence-electron chi connectivity index (χ3n) is 3.43. The summed E-state index contributed by atoms with van der Waals surface area (Å²) in [5.41, 5.74) is 1.28. The second-order valence-corrected chi connectivity index (χ2v) is 4.94. The number of ether oxygens (including phenoxy) is 1. The van der Waals surface area contributed by atoms with Gasteiger partial charge in [0.05, 0.1) is 16.7 Å². The van der Waals surface area contributed by atoms with Crippen LogP contribution in [0, 0.1) is 13.8 Å². The van der Waals surface area contributed by atoms with E-state index in [2.05, 4.69) is 10.1 Å². The molecule has 0 spiro atoms. The summed E-state index contributed by atoms with van der Waals surface area (Å²) < 4.78 is 37.3. The van der Waals surface area contributed by atoms with E-state index in [-0.39, 0.29) is 23.5 Å². The fourth-order valence-corrected chi connectivity index (χ4v) is 2.39.